The summed E-state index contributed by atoms with van der Waals surface area (Å²) >= 11 is 0. The van der Waals surface area contributed by atoms with Gasteiger partial charge in [-0.15, -0.1) is 0 Å². The van der Waals surface area contributed by atoms with Crippen LogP contribution in [-0.4, -0.2) is 38.9 Å². The number of benzene rings is 1. The second-order valence-electron chi connectivity index (χ2n) is 7.29. The predicted molar refractivity (Wildman–Crippen MR) is 97.2 cm³/mol. The normalized spacial score (nSPS) is 25.2. The molecule has 0 bridgehead atoms. The first-order chi connectivity index (χ1) is 13.3. The first-order valence-electron chi connectivity index (χ1n) is 9.25. The van der Waals surface area contributed by atoms with E-state index in [0.29, 0.717) is 25.2 Å². The van der Waals surface area contributed by atoms with Gasteiger partial charge < -0.3 is 15.5 Å². The van der Waals surface area contributed by atoms with Gasteiger partial charge in [-0.1, -0.05) is 12.1 Å². The van der Waals surface area contributed by atoms with Crippen LogP contribution >= 0.6 is 0 Å². The Morgan fingerprint density at radius 1 is 1.14 bits per heavy atom. The molecule has 1 aromatic heterocycles. The highest BCUT2D eigenvalue weighted by atomic mass is 19.4. The minimum Gasteiger partial charge on any atom is -0.396 e. The van der Waals surface area contributed by atoms with E-state index < -0.39 is 17.8 Å². The first-order valence-corrected chi connectivity index (χ1v) is 9.25. The van der Waals surface area contributed by atoms with Gasteiger partial charge in [-0.2, -0.15) is 13.2 Å². The van der Waals surface area contributed by atoms with Crippen LogP contribution in [0.1, 0.15) is 29.1 Å². The summed E-state index contributed by atoms with van der Waals surface area (Å²) in [6, 6.07) is 6.78. The van der Waals surface area contributed by atoms with Crippen LogP contribution < -0.4 is 5.32 Å². The molecule has 4 atom stereocenters. The standard InChI is InChI=1S/C20H24F3N3O2/c1-12-24-7-6-15(26-12)8-16-17(11-27)19(28)9-18(16)25-10-13-2-4-14(5-3-13)20(21,22)23/h2-7,16-19,25,27-28H,8-11H2,1H3. The number of aryl methyl sites for hydroxylation is 1. The van der Waals surface area contributed by atoms with Gasteiger partial charge in [0.25, 0.3) is 0 Å². The molecule has 0 saturated heterocycles. The number of aromatic nitrogens is 2. The fourth-order valence-electron chi connectivity index (χ4n) is 3.90. The van der Waals surface area contributed by atoms with Crippen molar-refractivity contribution in [3.8, 4) is 0 Å². The Hall–Kier alpha value is -2.03. The number of nitrogens with one attached hydrogen (secondary N) is 1. The molecule has 28 heavy (non-hydrogen) atoms. The SMILES string of the molecule is Cc1nccc(CC2C(NCc3ccc(C(F)(F)F)cc3)CC(O)C2CO)n1. The molecule has 1 heterocycles. The fourth-order valence-corrected chi connectivity index (χ4v) is 3.90. The van der Waals surface area contributed by atoms with Crippen LogP contribution in [-0.2, 0) is 19.1 Å². The Morgan fingerprint density at radius 2 is 1.86 bits per heavy atom. The molecule has 2 aromatic rings. The summed E-state index contributed by atoms with van der Waals surface area (Å²) in [5, 5.41) is 23.4. The molecule has 8 heteroatoms. The monoisotopic (exact) mass is 395 g/mol. The minimum atomic E-state index is -4.35. The van der Waals surface area contributed by atoms with Gasteiger partial charge in [-0.05, 0) is 49.4 Å². The summed E-state index contributed by atoms with van der Waals surface area (Å²) in [6.07, 6.45) is -2.25. The molecule has 1 aromatic carbocycles. The third kappa shape index (κ3) is 4.87. The molecule has 5 nitrogen and oxygen atoms in total. The molecule has 1 aliphatic carbocycles. The van der Waals surface area contributed by atoms with E-state index in [2.05, 4.69) is 15.3 Å². The third-order valence-electron chi connectivity index (χ3n) is 5.40. The zero-order valence-corrected chi connectivity index (χ0v) is 15.5. The van der Waals surface area contributed by atoms with Crippen LogP contribution in [0.25, 0.3) is 0 Å². The molecule has 3 N–H and O–H groups in total. The summed E-state index contributed by atoms with van der Waals surface area (Å²) in [7, 11) is 0. The van der Waals surface area contributed by atoms with E-state index in [0.717, 1.165) is 23.4 Å². The van der Waals surface area contributed by atoms with Crippen molar-refractivity contribution in [2.45, 2.75) is 44.6 Å². The Balaban J connectivity index is 1.68. The molecule has 4 unspecified atom stereocenters. The smallest absolute Gasteiger partial charge is 0.396 e. The number of rotatable bonds is 6. The molecule has 1 saturated carbocycles. The second-order valence-corrected chi connectivity index (χ2v) is 7.29. The number of hydrogen-bond acceptors (Lipinski definition) is 5. The lowest BCUT2D eigenvalue weighted by atomic mass is 9.88. The number of alkyl halides is 3. The average molecular weight is 395 g/mol. The number of aliphatic hydroxyl groups excluding tert-OH is 2. The van der Waals surface area contributed by atoms with Crippen LogP contribution in [0.2, 0.25) is 0 Å². The fraction of sp³-hybridized carbons (Fsp3) is 0.500. The van der Waals surface area contributed by atoms with Gasteiger partial charge in [0.05, 0.1) is 11.7 Å². The van der Waals surface area contributed by atoms with Gasteiger partial charge in [0.1, 0.15) is 5.82 Å². The summed E-state index contributed by atoms with van der Waals surface area (Å²) in [6.45, 7) is 2.05. The third-order valence-corrected chi connectivity index (χ3v) is 5.40. The number of halogens is 3. The van der Waals surface area contributed by atoms with Crippen LogP contribution in [0, 0.1) is 18.8 Å². The Morgan fingerprint density at radius 3 is 2.46 bits per heavy atom. The minimum absolute atomic E-state index is 0.0382. The summed E-state index contributed by atoms with van der Waals surface area (Å²) in [4.78, 5) is 8.49. The van der Waals surface area contributed by atoms with Crippen molar-refractivity contribution < 1.29 is 23.4 Å². The molecular formula is C20H24F3N3O2. The maximum absolute atomic E-state index is 12.7. The van der Waals surface area contributed by atoms with Crippen molar-refractivity contribution in [2.75, 3.05) is 6.61 Å². The van der Waals surface area contributed by atoms with Gasteiger partial charge in [0.15, 0.2) is 0 Å². The highest BCUT2D eigenvalue weighted by Gasteiger charge is 2.42. The van der Waals surface area contributed by atoms with Crippen molar-refractivity contribution >= 4 is 0 Å². The quantitative estimate of drug-likeness (QED) is 0.701. The van der Waals surface area contributed by atoms with Crippen molar-refractivity contribution in [2.24, 2.45) is 11.8 Å². The molecule has 3 rings (SSSR count). The molecule has 0 amide bonds. The van der Waals surface area contributed by atoms with Crippen molar-refractivity contribution in [1.82, 2.24) is 15.3 Å². The van der Waals surface area contributed by atoms with E-state index in [1.54, 1.807) is 13.1 Å². The summed E-state index contributed by atoms with van der Waals surface area (Å²) < 4.78 is 38.1. The van der Waals surface area contributed by atoms with Gasteiger partial charge in [0, 0.05) is 37.0 Å². The van der Waals surface area contributed by atoms with Crippen LogP contribution in [0.4, 0.5) is 13.2 Å². The lowest BCUT2D eigenvalue weighted by Crippen LogP contribution is -2.36. The molecule has 0 spiro atoms. The maximum Gasteiger partial charge on any atom is 0.416 e. The van der Waals surface area contributed by atoms with E-state index >= 15 is 0 Å². The molecule has 1 aliphatic rings. The maximum atomic E-state index is 12.7. The van der Waals surface area contributed by atoms with Gasteiger partial charge in [-0.25, -0.2) is 9.97 Å². The number of nitrogens with zero attached hydrogens (tertiary/aromatic N) is 2. The summed E-state index contributed by atoms with van der Waals surface area (Å²) in [5.74, 6) is 0.343. The van der Waals surface area contributed by atoms with E-state index in [1.165, 1.54) is 12.1 Å². The molecule has 0 radical (unpaired) electrons. The van der Waals surface area contributed by atoms with Crippen LogP contribution in [0.5, 0.6) is 0 Å². The zero-order chi connectivity index (χ0) is 20.3. The van der Waals surface area contributed by atoms with E-state index in [9.17, 15) is 23.4 Å². The van der Waals surface area contributed by atoms with Gasteiger partial charge in [-0.3, -0.25) is 0 Å². The molecule has 1 fully saturated rings. The topological polar surface area (TPSA) is 78.3 Å². The van der Waals surface area contributed by atoms with Gasteiger partial charge >= 0.3 is 6.18 Å². The Labute approximate surface area is 161 Å². The Kier molecular flexibility index (Phi) is 6.32. The van der Waals surface area contributed by atoms with E-state index in [-0.39, 0.29) is 24.5 Å². The predicted octanol–water partition coefficient (Wildman–Crippen LogP) is 2.49. The molecule has 0 aliphatic heterocycles. The van der Waals surface area contributed by atoms with E-state index in [1.807, 2.05) is 6.07 Å². The van der Waals surface area contributed by atoms with Crippen LogP contribution in [0.3, 0.4) is 0 Å². The van der Waals surface area contributed by atoms with Gasteiger partial charge in [0.2, 0.25) is 0 Å². The lowest BCUT2D eigenvalue weighted by molar-refractivity contribution is -0.137. The zero-order valence-electron chi connectivity index (χ0n) is 15.5. The van der Waals surface area contributed by atoms with Crippen molar-refractivity contribution in [1.29, 1.82) is 0 Å². The largest absolute Gasteiger partial charge is 0.416 e. The highest BCUT2D eigenvalue weighted by Crippen LogP contribution is 2.35. The number of aliphatic hydroxyl groups is 2. The average Bonchev–Trinajstić information content (AvgIpc) is 2.94. The summed E-state index contributed by atoms with van der Waals surface area (Å²) in [5.41, 5.74) is 0.892. The van der Waals surface area contributed by atoms with Crippen LogP contribution in [0.15, 0.2) is 36.5 Å². The molecule has 152 valence electrons. The van der Waals surface area contributed by atoms with Crippen molar-refractivity contribution in [3.05, 3.63) is 59.2 Å². The highest BCUT2D eigenvalue weighted by molar-refractivity contribution is 5.24. The van der Waals surface area contributed by atoms with Crippen molar-refractivity contribution in [3.63, 3.8) is 0 Å². The lowest BCUT2D eigenvalue weighted by Gasteiger charge is -2.25. The number of hydrogen-bond donors (Lipinski definition) is 3. The Bertz CT molecular complexity index is 783. The molecular weight excluding hydrogens is 371 g/mol. The second kappa shape index (κ2) is 8.55. The first kappa shape index (κ1) is 20.7. The van der Waals surface area contributed by atoms with E-state index in [4.69, 9.17) is 0 Å².